The van der Waals surface area contributed by atoms with Crippen molar-refractivity contribution in [2.75, 3.05) is 26.8 Å². The number of hydrogen-bond donors (Lipinski definition) is 0. The van der Waals surface area contributed by atoms with Crippen LogP contribution in [0.1, 0.15) is 10.4 Å². The van der Waals surface area contributed by atoms with Crippen molar-refractivity contribution >= 4 is 25.6 Å². The molecule has 0 atom stereocenters. The van der Waals surface area contributed by atoms with E-state index in [4.69, 9.17) is 15.4 Å². The average molecular weight is 318 g/mol. The van der Waals surface area contributed by atoms with Gasteiger partial charge in [-0.25, -0.2) is 8.42 Å². The molecule has 0 heterocycles. The second-order valence-corrected chi connectivity index (χ2v) is 6.50. The fourth-order valence-electron chi connectivity index (χ4n) is 1.66. The highest BCUT2D eigenvalue weighted by Crippen LogP contribution is 2.21. The molecule has 110 valence electrons. The van der Waals surface area contributed by atoms with E-state index < -0.39 is 15.0 Å². The van der Waals surface area contributed by atoms with E-state index in [1.165, 1.54) is 30.2 Å². The number of carbonyl (C=O) groups excluding carboxylic acids is 1. The van der Waals surface area contributed by atoms with Gasteiger partial charge in [0.1, 0.15) is 0 Å². The molecule has 0 saturated carbocycles. The number of carbonyl (C=O) groups is 1. The first-order chi connectivity index (χ1) is 9.41. The van der Waals surface area contributed by atoms with Crippen LogP contribution in [0.15, 0.2) is 41.8 Å². The van der Waals surface area contributed by atoms with Gasteiger partial charge in [0.15, 0.2) is 0 Å². The van der Waals surface area contributed by atoms with Crippen LogP contribution in [0, 0.1) is 0 Å². The van der Waals surface area contributed by atoms with E-state index >= 15 is 0 Å². The Morgan fingerprint density at radius 3 is 2.65 bits per heavy atom. The second kappa shape index (κ2) is 7.42. The first-order valence-corrected chi connectivity index (χ1v) is 8.15. The number of amides is 1. The summed E-state index contributed by atoms with van der Waals surface area (Å²) >= 11 is 0. The second-order valence-electron chi connectivity index (χ2n) is 3.97. The lowest BCUT2D eigenvalue weighted by Gasteiger charge is -2.21. The molecule has 1 rings (SSSR count). The SMILES string of the molecule is C=CCN(CCOC)C(=O)c1ccccc1S(=O)(=O)Cl. The Bertz CT molecular complexity index is 586. The smallest absolute Gasteiger partial charge is 0.262 e. The molecule has 0 aliphatic carbocycles. The molecule has 7 heteroatoms. The van der Waals surface area contributed by atoms with Gasteiger partial charge in [-0.1, -0.05) is 18.2 Å². The third-order valence-corrected chi connectivity index (χ3v) is 3.96. The summed E-state index contributed by atoms with van der Waals surface area (Å²) in [4.78, 5) is 13.7. The lowest BCUT2D eigenvalue weighted by molar-refractivity contribution is 0.0714. The lowest BCUT2D eigenvalue weighted by atomic mass is 10.2. The highest BCUT2D eigenvalue weighted by Gasteiger charge is 2.23. The number of benzene rings is 1. The van der Waals surface area contributed by atoms with E-state index in [1.54, 1.807) is 12.1 Å². The van der Waals surface area contributed by atoms with Gasteiger partial charge >= 0.3 is 0 Å². The van der Waals surface area contributed by atoms with Crippen molar-refractivity contribution in [2.24, 2.45) is 0 Å². The molecule has 1 amide bonds. The molecule has 0 spiro atoms. The van der Waals surface area contributed by atoms with Gasteiger partial charge in [-0.05, 0) is 12.1 Å². The van der Waals surface area contributed by atoms with Gasteiger partial charge < -0.3 is 9.64 Å². The predicted octanol–water partition coefficient (Wildman–Crippen LogP) is 1.89. The van der Waals surface area contributed by atoms with Crippen LogP contribution in [0.4, 0.5) is 0 Å². The van der Waals surface area contributed by atoms with Gasteiger partial charge in [-0.15, -0.1) is 6.58 Å². The molecule has 0 aromatic heterocycles. The van der Waals surface area contributed by atoms with E-state index in [2.05, 4.69) is 6.58 Å². The summed E-state index contributed by atoms with van der Waals surface area (Å²) in [6.07, 6.45) is 1.56. The monoisotopic (exact) mass is 317 g/mol. The minimum atomic E-state index is -3.98. The quantitative estimate of drug-likeness (QED) is 0.569. The summed E-state index contributed by atoms with van der Waals surface area (Å²) < 4.78 is 27.9. The Balaban J connectivity index is 3.15. The number of rotatable bonds is 7. The van der Waals surface area contributed by atoms with Gasteiger partial charge in [0.25, 0.3) is 15.0 Å². The van der Waals surface area contributed by atoms with E-state index in [-0.39, 0.29) is 10.5 Å². The van der Waals surface area contributed by atoms with E-state index in [0.29, 0.717) is 19.7 Å². The number of ether oxygens (including phenoxy) is 1. The van der Waals surface area contributed by atoms with Gasteiger partial charge in [-0.2, -0.15) is 0 Å². The maximum Gasteiger partial charge on any atom is 0.262 e. The molecule has 20 heavy (non-hydrogen) atoms. The zero-order chi connectivity index (χ0) is 15.2. The molecule has 0 unspecified atom stereocenters. The van der Waals surface area contributed by atoms with E-state index in [9.17, 15) is 13.2 Å². The molecule has 0 radical (unpaired) electrons. The number of methoxy groups -OCH3 is 1. The minimum Gasteiger partial charge on any atom is -0.383 e. The normalized spacial score (nSPS) is 11.1. The molecule has 1 aromatic carbocycles. The Morgan fingerprint density at radius 2 is 2.10 bits per heavy atom. The highest BCUT2D eigenvalue weighted by atomic mass is 35.7. The molecule has 0 aliphatic heterocycles. The molecule has 0 saturated heterocycles. The van der Waals surface area contributed by atoms with Crippen molar-refractivity contribution in [3.05, 3.63) is 42.5 Å². The Labute approximate surface area is 123 Å². The molecule has 5 nitrogen and oxygen atoms in total. The van der Waals surface area contributed by atoms with Crippen LogP contribution in [-0.4, -0.2) is 46.0 Å². The van der Waals surface area contributed by atoms with Crippen molar-refractivity contribution in [1.29, 1.82) is 0 Å². The van der Waals surface area contributed by atoms with Crippen LogP contribution < -0.4 is 0 Å². The molecular weight excluding hydrogens is 302 g/mol. The zero-order valence-electron chi connectivity index (χ0n) is 11.1. The minimum absolute atomic E-state index is 0.0421. The summed E-state index contributed by atoms with van der Waals surface area (Å²) in [5.41, 5.74) is 0.0421. The summed E-state index contributed by atoms with van der Waals surface area (Å²) in [6, 6.07) is 5.83. The predicted molar refractivity (Wildman–Crippen MR) is 77.5 cm³/mol. The van der Waals surface area contributed by atoms with Crippen LogP contribution in [0.5, 0.6) is 0 Å². The van der Waals surface area contributed by atoms with Crippen molar-refractivity contribution in [3.8, 4) is 0 Å². The summed E-state index contributed by atoms with van der Waals surface area (Å²) in [5, 5.41) is 0. The first-order valence-electron chi connectivity index (χ1n) is 5.84. The Morgan fingerprint density at radius 1 is 1.45 bits per heavy atom. The number of hydrogen-bond acceptors (Lipinski definition) is 4. The summed E-state index contributed by atoms with van der Waals surface area (Å²) in [6.45, 7) is 4.54. The highest BCUT2D eigenvalue weighted by molar-refractivity contribution is 8.13. The van der Waals surface area contributed by atoms with Crippen LogP contribution in [0.2, 0.25) is 0 Å². The zero-order valence-corrected chi connectivity index (χ0v) is 12.7. The Hall–Kier alpha value is -1.37. The fourth-order valence-corrected chi connectivity index (χ4v) is 2.72. The van der Waals surface area contributed by atoms with Crippen molar-refractivity contribution in [1.82, 2.24) is 4.90 Å². The Kier molecular flexibility index (Phi) is 6.19. The average Bonchev–Trinajstić information content (AvgIpc) is 2.42. The van der Waals surface area contributed by atoms with Crippen LogP contribution in [-0.2, 0) is 13.8 Å². The summed E-state index contributed by atoms with van der Waals surface area (Å²) in [7, 11) is 2.89. The van der Waals surface area contributed by atoms with E-state index in [1.807, 2.05) is 0 Å². The standard InChI is InChI=1S/C13H16ClNO4S/c1-3-8-15(9-10-19-2)13(16)11-6-4-5-7-12(11)20(14,17)18/h3-7H,1,8-10H2,2H3. The maximum absolute atomic E-state index is 12.4. The fraction of sp³-hybridized carbons (Fsp3) is 0.308. The van der Waals surface area contributed by atoms with Crippen LogP contribution in [0.25, 0.3) is 0 Å². The molecule has 0 fully saturated rings. The van der Waals surface area contributed by atoms with Crippen molar-refractivity contribution in [2.45, 2.75) is 4.90 Å². The molecule has 0 N–H and O–H groups in total. The maximum atomic E-state index is 12.4. The summed E-state index contributed by atoms with van der Waals surface area (Å²) in [5.74, 6) is -0.429. The van der Waals surface area contributed by atoms with Gasteiger partial charge in [0.05, 0.1) is 17.1 Å². The van der Waals surface area contributed by atoms with Crippen LogP contribution in [0.3, 0.4) is 0 Å². The van der Waals surface area contributed by atoms with E-state index in [0.717, 1.165) is 0 Å². The van der Waals surface area contributed by atoms with Gasteiger partial charge in [-0.3, -0.25) is 4.79 Å². The third kappa shape index (κ3) is 4.33. The van der Waals surface area contributed by atoms with Crippen LogP contribution >= 0.6 is 10.7 Å². The largest absolute Gasteiger partial charge is 0.383 e. The molecule has 1 aromatic rings. The van der Waals surface area contributed by atoms with Crippen molar-refractivity contribution in [3.63, 3.8) is 0 Å². The topological polar surface area (TPSA) is 63.7 Å². The lowest BCUT2D eigenvalue weighted by Crippen LogP contribution is -2.34. The molecular formula is C13H16ClNO4S. The van der Waals surface area contributed by atoms with Gasteiger partial charge in [0.2, 0.25) is 0 Å². The number of nitrogens with zero attached hydrogens (tertiary/aromatic N) is 1. The molecule has 0 bridgehead atoms. The van der Waals surface area contributed by atoms with Gasteiger partial charge in [0, 0.05) is 30.9 Å². The third-order valence-electron chi connectivity index (χ3n) is 2.58. The molecule has 0 aliphatic rings. The van der Waals surface area contributed by atoms with Crippen molar-refractivity contribution < 1.29 is 17.9 Å². The first kappa shape index (κ1) is 16.7. The number of halogens is 1.